The molecule has 6 nitrogen and oxygen atoms in total. The number of hydroxylamine groups is 1. The highest BCUT2D eigenvalue weighted by molar-refractivity contribution is 5.77. The molecule has 3 heterocycles. The number of fused-ring (bicyclic) bond motifs is 1. The fourth-order valence-corrected chi connectivity index (χ4v) is 3.21. The predicted octanol–water partition coefficient (Wildman–Crippen LogP) is 4.86. The van der Waals surface area contributed by atoms with E-state index >= 15 is 0 Å². The third kappa shape index (κ3) is 3.66. The van der Waals surface area contributed by atoms with E-state index < -0.39 is 0 Å². The molecule has 144 valence electrons. The molecule has 0 amide bonds. The number of aryl methyl sites for hydroxylation is 1. The minimum absolute atomic E-state index is 0.246. The Bertz CT molecular complexity index is 1170. The zero-order valence-electron chi connectivity index (χ0n) is 15.8. The average molecular weight is 385 g/mol. The Kier molecular flexibility index (Phi) is 4.38. The molecular weight excluding hydrogens is 366 g/mol. The van der Waals surface area contributed by atoms with E-state index in [1.807, 2.05) is 90.6 Å². The van der Waals surface area contributed by atoms with Crippen molar-refractivity contribution in [1.29, 1.82) is 0 Å². The van der Waals surface area contributed by atoms with Crippen LogP contribution in [0.4, 0.5) is 0 Å². The number of pyridine rings is 1. The maximum atomic E-state index is 5.88. The zero-order chi connectivity index (χ0) is 19.6. The number of benzene rings is 2. The van der Waals surface area contributed by atoms with Gasteiger partial charge in [0.15, 0.2) is 0 Å². The third-order valence-electron chi connectivity index (χ3n) is 4.69. The average Bonchev–Trinajstić information content (AvgIpc) is 3.36. The summed E-state index contributed by atoms with van der Waals surface area (Å²) < 4.78 is 13.7. The molecule has 1 atom stereocenters. The van der Waals surface area contributed by atoms with Gasteiger partial charge in [0.1, 0.15) is 29.0 Å². The van der Waals surface area contributed by atoms with Gasteiger partial charge >= 0.3 is 0 Å². The summed E-state index contributed by atoms with van der Waals surface area (Å²) >= 11 is 0. The van der Waals surface area contributed by atoms with Crippen LogP contribution >= 0.6 is 0 Å². The lowest BCUT2D eigenvalue weighted by Crippen LogP contribution is -2.12. The van der Waals surface area contributed by atoms with Crippen molar-refractivity contribution in [3.63, 3.8) is 0 Å². The second kappa shape index (κ2) is 7.33. The summed E-state index contributed by atoms with van der Waals surface area (Å²) in [7, 11) is 1.96. The summed E-state index contributed by atoms with van der Waals surface area (Å²) in [6, 6.07) is 21.4. The van der Waals surface area contributed by atoms with Crippen LogP contribution in [-0.4, -0.2) is 9.55 Å². The van der Waals surface area contributed by atoms with Gasteiger partial charge in [0.05, 0.1) is 6.20 Å². The quantitative estimate of drug-likeness (QED) is 0.532. The number of nitrogens with zero attached hydrogens (tertiary/aromatic N) is 2. The van der Waals surface area contributed by atoms with Crippen LogP contribution in [0.5, 0.6) is 17.2 Å². The molecule has 0 aliphatic carbocycles. The molecule has 0 bridgehead atoms. The van der Waals surface area contributed by atoms with Crippen molar-refractivity contribution < 1.29 is 14.3 Å². The molecule has 1 aliphatic heterocycles. The number of nitrogens with one attached hydrogen (secondary N) is 1. The first kappa shape index (κ1) is 17.3. The highest BCUT2D eigenvalue weighted by Gasteiger charge is 2.20. The Hall–Kier alpha value is -3.77. The molecule has 0 fully saturated rings. The lowest BCUT2D eigenvalue weighted by molar-refractivity contribution is 0.0273. The molecular formula is C23H19N3O3. The molecule has 2 aromatic heterocycles. The van der Waals surface area contributed by atoms with Crippen LogP contribution in [0.1, 0.15) is 11.7 Å². The first-order valence-electron chi connectivity index (χ1n) is 9.30. The van der Waals surface area contributed by atoms with Gasteiger partial charge in [-0.3, -0.25) is 4.84 Å². The summed E-state index contributed by atoms with van der Waals surface area (Å²) in [6.07, 6.45) is 5.32. The monoisotopic (exact) mass is 385 g/mol. The van der Waals surface area contributed by atoms with E-state index in [0.717, 1.165) is 28.1 Å². The highest BCUT2D eigenvalue weighted by atomic mass is 16.7. The Morgan fingerprint density at radius 3 is 2.55 bits per heavy atom. The lowest BCUT2D eigenvalue weighted by Gasteiger charge is -2.09. The van der Waals surface area contributed by atoms with Crippen molar-refractivity contribution in [2.75, 3.05) is 0 Å². The molecule has 0 unspecified atom stereocenters. The summed E-state index contributed by atoms with van der Waals surface area (Å²) in [6.45, 7) is 0. The molecule has 0 saturated carbocycles. The van der Waals surface area contributed by atoms with E-state index in [1.54, 1.807) is 6.20 Å². The number of hydrogen-bond acceptors (Lipinski definition) is 5. The van der Waals surface area contributed by atoms with Crippen LogP contribution in [-0.2, 0) is 11.9 Å². The summed E-state index contributed by atoms with van der Waals surface area (Å²) in [5.74, 6) is 2.77. The maximum absolute atomic E-state index is 5.88. The van der Waals surface area contributed by atoms with E-state index in [9.17, 15) is 0 Å². The lowest BCUT2D eigenvalue weighted by atomic mass is 10.1. The predicted molar refractivity (Wildman–Crippen MR) is 109 cm³/mol. The van der Waals surface area contributed by atoms with Crippen molar-refractivity contribution in [3.8, 4) is 17.2 Å². The second-order valence-electron chi connectivity index (χ2n) is 6.77. The number of rotatable bonds is 5. The normalized spacial score (nSPS) is 15.8. The number of aromatic nitrogens is 2. The van der Waals surface area contributed by atoms with Gasteiger partial charge in [-0.05, 0) is 42.0 Å². The van der Waals surface area contributed by atoms with E-state index in [4.69, 9.17) is 14.3 Å². The Morgan fingerprint density at radius 2 is 1.72 bits per heavy atom. The largest absolute Gasteiger partial charge is 0.457 e. The molecule has 1 N–H and O–H groups in total. The van der Waals surface area contributed by atoms with Crippen molar-refractivity contribution in [3.05, 3.63) is 96.6 Å². The van der Waals surface area contributed by atoms with Crippen LogP contribution in [0.3, 0.4) is 0 Å². The first-order valence-corrected chi connectivity index (χ1v) is 9.30. The highest BCUT2D eigenvalue weighted by Crippen LogP contribution is 2.29. The topological polar surface area (TPSA) is 57.5 Å². The molecule has 0 saturated heterocycles. The van der Waals surface area contributed by atoms with Gasteiger partial charge in [0.25, 0.3) is 0 Å². The standard InChI is InChI=1S/C23H19N3O3/c1-26-12-11-17-13-20(15-24-23(17)26)28-22-14-21(29-25-22)16-7-9-19(10-8-16)27-18-5-3-2-4-6-18/h2-15,21,25H,1H3/t21-/m1/s1. The summed E-state index contributed by atoms with van der Waals surface area (Å²) in [4.78, 5) is 10.1. The smallest absolute Gasteiger partial charge is 0.216 e. The van der Waals surface area contributed by atoms with E-state index in [1.165, 1.54) is 0 Å². The van der Waals surface area contributed by atoms with Crippen molar-refractivity contribution in [1.82, 2.24) is 15.0 Å². The van der Waals surface area contributed by atoms with Crippen LogP contribution in [0.2, 0.25) is 0 Å². The van der Waals surface area contributed by atoms with E-state index in [2.05, 4.69) is 10.5 Å². The van der Waals surface area contributed by atoms with Gasteiger partial charge in [-0.1, -0.05) is 30.3 Å². The molecule has 29 heavy (non-hydrogen) atoms. The summed E-state index contributed by atoms with van der Waals surface area (Å²) in [5, 5.41) is 1.02. The Labute approximate surface area is 167 Å². The van der Waals surface area contributed by atoms with Gasteiger partial charge in [-0.2, -0.15) is 0 Å². The van der Waals surface area contributed by atoms with Gasteiger partial charge in [0, 0.05) is 24.7 Å². The molecule has 1 aliphatic rings. The molecule has 6 heteroatoms. The van der Waals surface area contributed by atoms with E-state index in [-0.39, 0.29) is 6.10 Å². The van der Waals surface area contributed by atoms with Gasteiger partial charge in [-0.25, -0.2) is 10.5 Å². The van der Waals surface area contributed by atoms with Crippen molar-refractivity contribution in [2.24, 2.45) is 7.05 Å². The SMILES string of the molecule is Cn1ccc2cc(OC3=C[C@H](c4ccc(Oc5ccccc5)cc4)ON3)cnc21. The molecule has 4 aromatic rings. The third-order valence-corrected chi connectivity index (χ3v) is 4.69. The van der Waals surface area contributed by atoms with Crippen LogP contribution in [0, 0.1) is 0 Å². The molecule has 0 spiro atoms. The number of hydrogen-bond donors (Lipinski definition) is 1. The van der Waals surface area contributed by atoms with Gasteiger partial charge in [0.2, 0.25) is 5.88 Å². The second-order valence-corrected chi connectivity index (χ2v) is 6.77. The Balaban J connectivity index is 1.27. The van der Waals surface area contributed by atoms with Gasteiger partial charge in [-0.15, -0.1) is 0 Å². The van der Waals surface area contributed by atoms with Crippen LogP contribution < -0.4 is 15.0 Å². The minimum Gasteiger partial charge on any atom is -0.457 e. The van der Waals surface area contributed by atoms with Crippen LogP contribution in [0.25, 0.3) is 11.0 Å². The number of para-hydroxylation sites is 1. The summed E-state index contributed by atoms with van der Waals surface area (Å²) in [5.41, 5.74) is 4.74. The van der Waals surface area contributed by atoms with Crippen LogP contribution in [0.15, 0.2) is 91.1 Å². The molecule has 5 rings (SSSR count). The zero-order valence-corrected chi connectivity index (χ0v) is 15.8. The fraction of sp³-hybridized carbons (Fsp3) is 0.0870. The van der Waals surface area contributed by atoms with Crippen molar-refractivity contribution >= 4 is 11.0 Å². The van der Waals surface area contributed by atoms with Crippen molar-refractivity contribution in [2.45, 2.75) is 6.10 Å². The maximum Gasteiger partial charge on any atom is 0.216 e. The number of ether oxygens (including phenoxy) is 2. The first-order chi connectivity index (χ1) is 14.2. The van der Waals surface area contributed by atoms with Gasteiger partial charge < -0.3 is 14.0 Å². The Morgan fingerprint density at radius 1 is 0.931 bits per heavy atom. The molecule has 2 aromatic carbocycles. The minimum atomic E-state index is -0.246. The van der Waals surface area contributed by atoms with E-state index in [0.29, 0.717) is 11.6 Å². The molecule has 0 radical (unpaired) electrons. The fourth-order valence-electron chi connectivity index (χ4n) is 3.21.